The lowest BCUT2D eigenvalue weighted by Crippen LogP contribution is -2.49. The van der Waals surface area contributed by atoms with E-state index in [1.54, 1.807) is 18.2 Å². The van der Waals surface area contributed by atoms with E-state index in [1.165, 1.54) is 12.3 Å². The van der Waals surface area contributed by atoms with Crippen molar-refractivity contribution >= 4 is 17.5 Å². The Morgan fingerprint density at radius 1 is 1.35 bits per heavy atom. The zero-order chi connectivity index (χ0) is 16.4. The first-order chi connectivity index (χ1) is 11.1. The third-order valence-corrected chi connectivity index (χ3v) is 4.27. The molecule has 1 aromatic rings. The number of nitrogens with two attached hydrogens (primary N) is 1. The first-order valence-corrected chi connectivity index (χ1v) is 7.69. The number of likely N-dealkylation sites (tertiary alicyclic amines) is 1. The summed E-state index contributed by atoms with van der Waals surface area (Å²) in [6.07, 6.45) is 3.17. The summed E-state index contributed by atoms with van der Waals surface area (Å²) in [6.45, 7) is 1.92. The van der Waals surface area contributed by atoms with E-state index in [4.69, 9.17) is 11.1 Å². The summed E-state index contributed by atoms with van der Waals surface area (Å²) in [5, 5.41) is 11.3. The van der Waals surface area contributed by atoms with Crippen LogP contribution in [0.5, 0.6) is 0 Å². The molecule has 0 radical (unpaired) electrons. The van der Waals surface area contributed by atoms with Gasteiger partial charge >= 0.3 is 0 Å². The number of benzene rings is 1. The highest BCUT2D eigenvalue weighted by Gasteiger charge is 2.34. The Morgan fingerprint density at radius 2 is 2.04 bits per heavy atom. The number of aliphatic imine (C=N–C) groups is 1. The number of anilines is 1. The Balaban J connectivity index is 1.86. The van der Waals surface area contributed by atoms with Gasteiger partial charge in [0.1, 0.15) is 11.5 Å². The van der Waals surface area contributed by atoms with Gasteiger partial charge in [-0.3, -0.25) is 10.3 Å². The van der Waals surface area contributed by atoms with Gasteiger partial charge in [0, 0.05) is 12.2 Å². The third kappa shape index (κ3) is 3.05. The second-order valence-corrected chi connectivity index (χ2v) is 5.85. The second-order valence-electron chi connectivity index (χ2n) is 5.85. The minimum absolute atomic E-state index is 0.161. The fourth-order valence-electron chi connectivity index (χ4n) is 2.95. The van der Waals surface area contributed by atoms with E-state index >= 15 is 0 Å². The molecule has 4 N–H and O–H groups in total. The zero-order valence-corrected chi connectivity index (χ0v) is 13.1. The van der Waals surface area contributed by atoms with Gasteiger partial charge in [-0.25, -0.2) is 9.38 Å². The molecule has 0 saturated carbocycles. The summed E-state index contributed by atoms with van der Waals surface area (Å²) in [5.74, 6) is 0.377. The molecule has 122 valence electrons. The molecular weight excluding hydrogens is 295 g/mol. The molecule has 0 aromatic heterocycles. The molecule has 1 saturated heterocycles. The molecule has 0 aliphatic carbocycles. The SMILES string of the molecule is CN1CCC(N2C(=N)/C(=C\N)N=C2Nc2ccccc2F)CC1. The number of piperidine rings is 1. The van der Waals surface area contributed by atoms with Crippen molar-refractivity contribution in [2.24, 2.45) is 10.7 Å². The van der Waals surface area contributed by atoms with E-state index in [-0.39, 0.29) is 17.7 Å². The maximum Gasteiger partial charge on any atom is 0.210 e. The van der Waals surface area contributed by atoms with Crippen molar-refractivity contribution in [2.75, 3.05) is 25.5 Å². The highest BCUT2D eigenvalue weighted by molar-refractivity contribution is 6.17. The van der Waals surface area contributed by atoms with Crippen LogP contribution in [0.1, 0.15) is 12.8 Å². The number of amidine groups is 1. The van der Waals surface area contributed by atoms with Gasteiger partial charge in [-0.1, -0.05) is 12.1 Å². The number of hydrogen-bond acceptors (Lipinski definition) is 5. The van der Waals surface area contributed by atoms with E-state index in [1.807, 2.05) is 4.90 Å². The lowest BCUT2D eigenvalue weighted by molar-refractivity contribution is 0.212. The van der Waals surface area contributed by atoms with Crippen molar-refractivity contribution in [3.63, 3.8) is 0 Å². The molecule has 2 heterocycles. The van der Waals surface area contributed by atoms with Gasteiger partial charge in [0.15, 0.2) is 5.84 Å². The van der Waals surface area contributed by atoms with Crippen LogP contribution in [0, 0.1) is 11.2 Å². The summed E-state index contributed by atoms with van der Waals surface area (Å²) >= 11 is 0. The normalized spacial score (nSPS) is 21.8. The molecule has 0 unspecified atom stereocenters. The Bertz CT molecular complexity index is 660. The van der Waals surface area contributed by atoms with Gasteiger partial charge in [-0.2, -0.15) is 0 Å². The van der Waals surface area contributed by atoms with Gasteiger partial charge < -0.3 is 16.0 Å². The van der Waals surface area contributed by atoms with Gasteiger partial charge in [0.25, 0.3) is 0 Å². The minimum Gasteiger partial charge on any atom is -0.403 e. The highest BCUT2D eigenvalue weighted by atomic mass is 19.1. The van der Waals surface area contributed by atoms with Crippen LogP contribution in [0.2, 0.25) is 0 Å². The summed E-state index contributed by atoms with van der Waals surface area (Å²) in [6, 6.07) is 6.60. The average Bonchev–Trinajstić information content (AvgIpc) is 2.86. The Labute approximate surface area is 135 Å². The summed E-state index contributed by atoms with van der Waals surface area (Å²) < 4.78 is 13.9. The van der Waals surface area contributed by atoms with E-state index in [2.05, 4.69) is 22.3 Å². The topological polar surface area (TPSA) is 80.7 Å². The minimum atomic E-state index is -0.352. The van der Waals surface area contributed by atoms with Gasteiger partial charge in [0.05, 0.1) is 5.69 Å². The molecule has 0 bridgehead atoms. The number of rotatable bonds is 2. The van der Waals surface area contributed by atoms with Gasteiger partial charge in [-0.05, 0) is 45.1 Å². The molecule has 7 heteroatoms. The molecule has 1 fully saturated rings. The number of nitrogens with one attached hydrogen (secondary N) is 2. The fraction of sp³-hybridized carbons (Fsp3) is 0.375. The van der Waals surface area contributed by atoms with Crippen molar-refractivity contribution in [3.05, 3.63) is 42.0 Å². The van der Waals surface area contributed by atoms with Crippen LogP contribution in [-0.4, -0.2) is 47.8 Å². The van der Waals surface area contributed by atoms with Crippen molar-refractivity contribution in [2.45, 2.75) is 18.9 Å². The molecule has 23 heavy (non-hydrogen) atoms. The van der Waals surface area contributed by atoms with Crippen molar-refractivity contribution in [3.8, 4) is 0 Å². The van der Waals surface area contributed by atoms with Crippen LogP contribution in [-0.2, 0) is 0 Å². The van der Waals surface area contributed by atoms with Crippen molar-refractivity contribution < 1.29 is 4.39 Å². The van der Waals surface area contributed by atoms with Gasteiger partial charge in [0.2, 0.25) is 5.96 Å². The van der Waals surface area contributed by atoms with E-state index in [0.29, 0.717) is 17.3 Å². The van der Waals surface area contributed by atoms with E-state index < -0.39 is 0 Å². The fourth-order valence-corrected chi connectivity index (χ4v) is 2.95. The average molecular weight is 316 g/mol. The summed E-state index contributed by atoms with van der Waals surface area (Å²) in [4.78, 5) is 8.45. The molecule has 2 aliphatic rings. The zero-order valence-electron chi connectivity index (χ0n) is 13.1. The Morgan fingerprint density at radius 3 is 2.70 bits per heavy atom. The number of hydrogen-bond donors (Lipinski definition) is 3. The van der Waals surface area contributed by atoms with Gasteiger partial charge in [-0.15, -0.1) is 0 Å². The Hall–Kier alpha value is -2.41. The molecule has 1 aromatic carbocycles. The number of halogens is 1. The second kappa shape index (κ2) is 6.37. The maximum atomic E-state index is 13.9. The Kier molecular flexibility index (Phi) is 4.29. The summed E-state index contributed by atoms with van der Waals surface area (Å²) in [5.41, 5.74) is 6.33. The van der Waals surface area contributed by atoms with Crippen molar-refractivity contribution in [1.29, 1.82) is 5.41 Å². The van der Waals surface area contributed by atoms with Crippen LogP contribution < -0.4 is 11.1 Å². The molecular formula is C16H21FN6. The predicted molar refractivity (Wildman–Crippen MR) is 89.8 cm³/mol. The standard InChI is InChI=1S/C16H21FN6/c1-22-8-6-11(7-9-22)23-15(19)14(10-18)21-16(23)20-13-5-3-2-4-12(13)17/h2-5,10-11,19H,6-9,18H2,1H3,(H,20,21)/b14-10+,19-15?. The quantitative estimate of drug-likeness (QED) is 0.777. The number of para-hydroxylation sites is 1. The van der Waals surface area contributed by atoms with Crippen LogP contribution in [0.25, 0.3) is 0 Å². The van der Waals surface area contributed by atoms with Crippen LogP contribution in [0.4, 0.5) is 10.1 Å². The number of nitrogens with zero attached hydrogens (tertiary/aromatic N) is 3. The molecule has 6 nitrogen and oxygen atoms in total. The third-order valence-electron chi connectivity index (χ3n) is 4.27. The number of guanidine groups is 1. The lowest BCUT2D eigenvalue weighted by Gasteiger charge is -2.36. The van der Waals surface area contributed by atoms with Crippen LogP contribution in [0.15, 0.2) is 41.2 Å². The maximum absolute atomic E-state index is 13.9. The largest absolute Gasteiger partial charge is 0.403 e. The first kappa shape index (κ1) is 15.5. The monoisotopic (exact) mass is 316 g/mol. The predicted octanol–water partition coefficient (Wildman–Crippen LogP) is 1.78. The van der Waals surface area contributed by atoms with E-state index in [9.17, 15) is 4.39 Å². The van der Waals surface area contributed by atoms with E-state index in [0.717, 1.165) is 25.9 Å². The molecule has 2 aliphatic heterocycles. The van der Waals surface area contributed by atoms with Crippen LogP contribution in [0.3, 0.4) is 0 Å². The lowest BCUT2D eigenvalue weighted by atomic mass is 10.0. The molecule has 3 rings (SSSR count). The molecule has 0 atom stereocenters. The van der Waals surface area contributed by atoms with Crippen LogP contribution >= 0.6 is 0 Å². The highest BCUT2D eigenvalue weighted by Crippen LogP contribution is 2.25. The summed E-state index contributed by atoms with van der Waals surface area (Å²) in [7, 11) is 2.09. The molecule has 0 spiro atoms. The molecule has 0 amide bonds. The first-order valence-electron chi connectivity index (χ1n) is 7.69. The smallest absolute Gasteiger partial charge is 0.210 e. The van der Waals surface area contributed by atoms with Crippen molar-refractivity contribution in [1.82, 2.24) is 9.80 Å².